The molecule has 1 amide bonds. The number of anilines is 1. The fourth-order valence-electron chi connectivity index (χ4n) is 3.18. The summed E-state index contributed by atoms with van der Waals surface area (Å²) in [5.74, 6) is -0.444. The summed E-state index contributed by atoms with van der Waals surface area (Å²) in [7, 11) is 0.204. The van der Waals surface area contributed by atoms with Crippen LogP contribution in [0.2, 0.25) is 0 Å². The smallest absolute Gasteiger partial charge is 0.322 e. The van der Waals surface area contributed by atoms with E-state index in [2.05, 4.69) is 27.9 Å². The summed E-state index contributed by atoms with van der Waals surface area (Å²) < 4.78 is 49.4. The molecular weight excluding hydrogens is 494 g/mol. The summed E-state index contributed by atoms with van der Waals surface area (Å²) in [5.41, 5.74) is 0.992. The van der Waals surface area contributed by atoms with E-state index in [0.29, 0.717) is 31.7 Å². The van der Waals surface area contributed by atoms with Gasteiger partial charge in [0.1, 0.15) is 0 Å². The molecule has 0 saturated carbocycles. The number of piperazine rings is 1. The van der Waals surface area contributed by atoms with Crippen molar-refractivity contribution in [2.75, 3.05) is 38.5 Å². The average molecular weight is 518 g/mol. The summed E-state index contributed by atoms with van der Waals surface area (Å²) in [6.07, 6.45) is -4.52. The van der Waals surface area contributed by atoms with Crippen LogP contribution in [0.15, 0.2) is 36.4 Å². The lowest BCUT2D eigenvalue weighted by Crippen LogP contribution is -2.44. The van der Waals surface area contributed by atoms with Crippen molar-refractivity contribution in [3.8, 4) is 0 Å². The molecule has 0 radical (unpaired) electrons. The van der Waals surface area contributed by atoms with E-state index in [1.54, 1.807) is 18.2 Å². The molecule has 1 aliphatic rings. The molecule has 0 aromatic heterocycles. The number of aryl methyl sites for hydroxylation is 1. The lowest BCUT2D eigenvalue weighted by Gasteiger charge is -2.33. The molecule has 0 bridgehead atoms. The normalized spacial score (nSPS) is 16.5. The van der Waals surface area contributed by atoms with Gasteiger partial charge in [-0.3, -0.25) is 9.69 Å². The molecule has 1 saturated heterocycles. The van der Waals surface area contributed by atoms with E-state index >= 15 is 0 Å². The molecule has 1 fully saturated rings. The largest absolute Gasteiger partial charge is 0.416 e. The fourth-order valence-corrected chi connectivity index (χ4v) is 3.70. The van der Waals surface area contributed by atoms with E-state index in [0.717, 1.165) is 15.2 Å². The first-order valence-electron chi connectivity index (χ1n) is 9.89. The Labute approximate surface area is 183 Å². The van der Waals surface area contributed by atoms with Crippen molar-refractivity contribution in [2.24, 2.45) is 0 Å². The van der Waals surface area contributed by atoms with Crippen molar-refractivity contribution in [1.82, 2.24) is 9.80 Å². The monoisotopic (exact) mass is 518 g/mol. The van der Waals surface area contributed by atoms with Crippen LogP contribution >= 0.6 is 22.6 Å². The van der Waals surface area contributed by atoms with Gasteiger partial charge in [-0.25, -0.2) is 0 Å². The Kier molecular flexibility index (Phi) is 6.41. The fraction of sp³-hybridized carbons (Fsp3) is 0.381. The van der Waals surface area contributed by atoms with Gasteiger partial charge in [-0.2, -0.15) is 13.2 Å². The Morgan fingerprint density at radius 3 is 2.52 bits per heavy atom. The zero-order valence-electron chi connectivity index (χ0n) is 17.0. The van der Waals surface area contributed by atoms with Gasteiger partial charge in [0.05, 0.1) is 5.56 Å². The SMILES string of the molecule is [2H]CN1CCN(Cc2ccc(NC(=O)c3ccc(C)c(I)c3)cc2C(F)(F)F)CC1. The molecule has 1 heterocycles. The van der Waals surface area contributed by atoms with Crippen LogP contribution in [-0.4, -0.2) is 48.9 Å². The maximum Gasteiger partial charge on any atom is 0.416 e. The highest BCUT2D eigenvalue weighted by Crippen LogP contribution is 2.34. The first-order chi connectivity index (χ1) is 14.2. The molecule has 0 aliphatic carbocycles. The Hall–Kier alpha value is -1.65. The number of nitrogens with one attached hydrogen (secondary N) is 1. The van der Waals surface area contributed by atoms with E-state index in [-0.39, 0.29) is 24.8 Å². The molecule has 0 atom stereocenters. The molecule has 1 aliphatic heterocycles. The molecular formula is C21H23F3IN3O. The molecule has 2 aromatic carbocycles. The Bertz CT molecular complexity index is 915. The minimum atomic E-state index is -4.52. The van der Waals surface area contributed by atoms with E-state index in [1.165, 1.54) is 12.1 Å². The summed E-state index contributed by atoms with van der Waals surface area (Å²) in [6.45, 7) is 4.71. The molecule has 0 spiro atoms. The van der Waals surface area contributed by atoms with Crippen molar-refractivity contribution in [3.63, 3.8) is 0 Å². The van der Waals surface area contributed by atoms with E-state index < -0.39 is 17.6 Å². The number of likely N-dealkylation sites (N-methyl/N-ethyl adjacent to an activating group) is 1. The van der Waals surface area contributed by atoms with Crippen LogP contribution in [0.25, 0.3) is 0 Å². The predicted molar refractivity (Wildman–Crippen MR) is 116 cm³/mol. The third-order valence-electron chi connectivity index (χ3n) is 4.97. The number of amides is 1. The first-order valence-corrected chi connectivity index (χ1v) is 10.3. The number of hydrogen-bond donors (Lipinski definition) is 1. The summed E-state index contributed by atoms with van der Waals surface area (Å²) >= 11 is 2.12. The van der Waals surface area contributed by atoms with Crippen molar-refractivity contribution >= 4 is 34.2 Å². The second kappa shape index (κ2) is 9.01. The molecule has 1 N–H and O–H groups in total. The highest BCUT2D eigenvalue weighted by atomic mass is 127. The Morgan fingerprint density at radius 2 is 1.90 bits per heavy atom. The molecule has 8 heteroatoms. The number of benzene rings is 2. The van der Waals surface area contributed by atoms with Gasteiger partial charge in [-0.15, -0.1) is 0 Å². The zero-order chi connectivity index (χ0) is 21.9. The highest BCUT2D eigenvalue weighted by molar-refractivity contribution is 14.1. The minimum absolute atomic E-state index is 0.116. The molecule has 29 heavy (non-hydrogen) atoms. The number of rotatable bonds is 4. The number of carbonyl (C=O) groups is 1. The second-order valence-corrected chi connectivity index (χ2v) is 8.34. The highest BCUT2D eigenvalue weighted by Gasteiger charge is 2.34. The molecule has 156 valence electrons. The quantitative estimate of drug-likeness (QED) is 0.601. The van der Waals surface area contributed by atoms with Gasteiger partial charge in [0.25, 0.3) is 5.91 Å². The van der Waals surface area contributed by atoms with E-state index in [4.69, 9.17) is 1.37 Å². The Balaban J connectivity index is 1.77. The lowest BCUT2D eigenvalue weighted by atomic mass is 10.0. The van der Waals surface area contributed by atoms with Crippen molar-refractivity contribution in [3.05, 3.63) is 62.2 Å². The van der Waals surface area contributed by atoms with E-state index in [1.807, 2.05) is 16.7 Å². The van der Waals surface area contributed by atoms with Crippen molar-refractivity contribution in [2.45, 2.75) is 19.6 Å². The third-order valence-corrected chi connectivity index (χ3v) is 6.13. The predicted octanol–water partition coefficient (Wildman–Crippen LogP) is 4.62. The van der Waals surface area contributed by atoms with Gasteiger partial charge < -0.3 is 10.2 Å². The maximum absolute atomic E-state index is 13.7. The second-order valence-electron chi connectivity index (χ2n) is 7.18. The number of hydrogen-bond acceptors (Lipinski definition) is 3. The van der Waals surface area contributed by atoms with Crippen LogP contribution in [0.5, 0.6) is 0 Å². The summed E-state index contributed by atoms with van der Waals surface area (Å²) in [6, 6.07) is 9.13. The molecule has 2 aromatic rings. The average Bonchev–Trinajstić information content (AvgIpc) is 2.71. The number of halogens is 4. The first kappa shape index (κ1) is 20.6. The van der Waals surface area contributed by atoms with Gasteiger partial charge in [0.15, 0.2) is 0 Å². The number of alkyl halides is 3. The summed E-state index contributed by atoms with van der Waals surface area (Å²) in [5, 5.41) is 2.58. The van der Waals surface area contributed by atoms with Crippen LogP contribution in [-0.2, 0) is 12.7 Å². The van der Waals surface area contributed by atoms with Gasteiger partial charge in [-0.05, 0) is 71.9 Å². The lowest BCUT2D eigenvalue weighted by molar-refractivity contribution is -0.138. The summed E-state index contributed by atoms with van der Waals surface area (Å²) in [4.78, 5) is 16.4. The van der Waals surface area contributed by atoms with Crippen LogP contribution in [0, 0.1) is 10.5 Å². The van der Waals surface area contributed by atoms with Gasteiger partial charge >= 0.3 is 6.18 Å². The molecule has 4 nitrogen and oxygen atoms in total. The van der Waals surface area contributed by atoms with Crippen LogP contribution < -0.4 is 5.32 Å². The topological polar surface area (TPSA) is 35.6 Å². The van der Waals surface area contributed by atoms with Crippen LogP contribution in [0.3, 0.4) is 0 Å². The standard InChI is InChI=1S/C21H23F3IN3O/c1-14-3-4-15(11-19(14)25)20(29)26-17-6-5-16(18(12-17)21(22,23)24)13-28-9-7-27(2)8-10-28/h3-6,11-12H,7-10,13H2,1-2H3,(H,26,29)/i2D. The minimum Gasteiger partial charge on any atom is -0.322 e. The van der Waals surface area contributed by atoms with Crippen LogP contribution in [0.4, 0.5) is 18.9 Å². The van der Waals surface area contributed by atoms with Gasteiger partial charge in [-0.1, -0.05) is 12.1 Å². The third kappa shape index (κ3) is 5.70. The van der Waals surface area contributed by atoms with Crippen LogP contribution in [0.1, 0.15) is 28.4 Å². The number of carbonyl (C=O) groups excluding carboxylic acids is 1. The Morgan fingerprint density at radius 1 is 1.17 bits per heavy atom. The van der Waals surface area contributed by atoms with Gasteiger partial charge in [0, 0.05) is 48.9 Å². The molecule has 0 unspecified atom stereocenters. The van der Waals surface area contributed by atoms with Crippen molar-refractivity contribution in [1.29, 1.82) is 0 Å². The maximum atomic E-state index is 13.7. The molecule has 3 rings (SSSR count). The van der Waals surface area contributed by atoms with Crippen molar-refractivity contribution < 1.29 is 19.3 Å². The van der Waals surface area contributed by atoms with Gasteiger partial charge in [0.2, 0.25) is 0 Å². The zero-order valence-corrected chi connectivity index (χ0v) is 18.2. The van der Waals surface area contributed by atoms with E-state index in [9.17, 15) is 18.0 Å². The number of nitrogens with zero attached hydrogens (tertiary/aromatic N) is 2.